The smallest absolute Gasteiger partial charge is 0.162 e. The lowest BCUT2D eigenvalue weighted by Crippen LogP contribution is -2.30. The summed E-state index contributed by atoms with van der Waals surface area (Å²) in [5, 5.41) is 3.58. The molecular weight excluding hydrogens is 240 g/mol. The summed E-state index contributed by atoms with van der Waals surface area (Å²) in [7, 11) is 3.35. The Balaban J connectivity index is 2.12. The Bertz CT molecular complexity index is 409. The van der Waals surface area contributed by atoms with Gasteiger partial charge in [-0.05, 0) is 25.0 Å². The van der Waals surface area contributed by atoms with Gasteiger partial charge in [-0.3, -0.25) is 0 Å². The molecule has 4 heteroatoms. The Kier molecular flexibility index (Phi) is 4.91. The molecule has 1 fully saturated rings. The largest absolute Gasteiger partial charge is 0.493 e. The third kappa shape index (κ3) is 3.32. The number of hydrogen-bond donors (Lipinski definition) is 1. The van der Waals surface area contributed by atoms with Crippen LogP contribution in [0.1, 0.15) is 19.8 Å². The second kappa shape index (κ2) is 6.66. The van der Waals surface area contributed by atoms with Gasteiger partial charge in [0.2, 0.25) is 0 Å². The monoisotopic (exact) mass is 264 g/mol. The summed E-state index contributed by atoms with van der Waals surface area (Å²) in [6.07, 6.45) is 2.38. The predicted molar refractivity (Wildman–Crippen MR) is 78.5 cm³/mol. The molecule has 0 spiro atoms. The molecule has 1 N–H and O–H groups in total. The Morgan fingerprint density at radius 3 is 2.68 bits per heavy atom. The average Bonchev–Trinajstić information content (AvgIpc) is 2.71. The van der Waals surface area contributed by atoms with Crippen LogP contribution in [0, 0.1) is 0 Å². The lowest BCUT2D eigenvalue weighted by molar-refractivity contribution is 0.355. The van der Waals surface area contributed by atoms with E-state index >= 15 is 0 Å². The molecule has 0 radical (unpaired) electrons. The highest BCUT2D eigenvalue weighted by Crippen LogP contribution is 2.31. The van der Waals surface area contributed by atoms with E-state index in [1.807, 2.05) is 6.07 Å². The molecule has 1 aliphatic heterocycles. The number of nitrogens with zero attached hydrogens (tertiary/aromatic N) is 1. The second-order valence-corrected chi connectivity index (χ2v) is 4.87. The predicted octanol–water partition coefficient (Wildman–Crippen LogP) is 2.28. The van der Waals surface area contributed by atoms with Gasteiger partial charge in [0.15, 0.2) is 11.5 Å². The molecule has 4 nitrogen and oxygen atoms in total. The Morgan fingerprint density at radius 1 is 1.21 bits per heavy atom. The van der Waals surface area contributed by atoms with E-state index in [4.69, 9.17) is 9.47 Å². The van der Waals surface area contributed by atoms with Gasteiger partial charge in [-0.1, -0.05) is 6.92 Å². The summed E-state index contributed by atoms with van der Waals surface area (Å²) in [5.41, 5.74) is 1.20. The van der Waals surface area contributed by atoms with Crippen LogP contribution < -0.4 is 19.7 Å². The van der Waals surface area contributed by atoms with Crippen LogP contribution in [0.4, 0.5) is 5.69 Å². The zero-order chi connectivity index (χ0) is 13.7. The van der Waals surface area contributed by atoms with E-state index in [2.05, 4.69) is 29.3 Å². The normalized spacial score (nSPS) is 19.9. The fourth-order valence-electron chi connectivity index (χ4n) is 2.56. The van der Waals surface area contributed by atoms with Crippen LogP contribution in [0.25, 0.3) is 0 Å². The van der Waals surface area contributed by atoms with E-state index in [0.29, 0.717) is 6.04 Å². The number of anilines is 1. The minimum Gasteiger partial charge on any atom is -0.493 e. The summed E-state index contributed by atoms with van der Waals surface area (Å²) in [5.74, 6) is 1.58. The summed E-state index contributed by atoms with van der Waals surface area (Å²) in [6, 6.07) is 6.79. The van der Waals surface area contributed by atoms with Gasteiger partial charge < -0.3 is 19.7 Å². The van der Waals surface area contributed by atoms with Crippen LogP contribution in [0.15, 0.2) is 18.2 Å². The van der Waals surface area contributed by atoms with Gasteiger partial charge in [0, 0.05) is 37.4 Å². The third-order valence-electron chi connectivity index (χ3n) is 3.79. The number of rotatable bonds is 4. The molecule has 2 rings (SSSR count). The molecule has 1 saturated heterocycles. The van der Waals surface area contributed by atoms with Crippen molar-refractivity contribution in [2.24, 2.45) is 0 Å². The van der Waals surface area contributed by atoms with Gasteiger partial charge in [-0.15, -0.1) is 0 Å². The minimum absolute atomic E-state index is 0.644. The summed E-state index contributed by atoms with van der Waals surface area (Å²) < 4.78 is 10.7. The third-order valence-corrected chi connectivity index (χ3v) is 3.79. The van der Waals surface area contributed by atoms with E-state index < -0.39 is 0 Å². The van der Waals surface area contributed by atoms with Crippen molar-refractivity contribution in [2.75, 3.05) is 38.8 Å². The molecule has 1 aromatic rings. The van der Waals surface area contributed by atoms with Gasteiger partial charge in [0.25, 0.3) is 0 Å². The maximum absolute atomic E-state index is 5.37. The van der Waals surface area contributed by atoms with Crippen LogP contribution in [0.5, 0.6) is 11.5 Å². The van der Waals surface area contributed by atoms with Crippen molar-refractivity contribution >= 4 is 5.69 Å². The molecule has 106 valence electrons. The number of ether oxygens (including phenoxy) is 2. The number of methoxy groups -OCH3 is 2. The topological polar surface area (TPSA) is 33.7 Å². The molecule has 0 saturated carbocycles. The van der Waals surface area contributed by atoms with E-state index in [1.165, 1.54) is 18.5 Å². The van der Waals surface area contributed by atoms with Crippen LogP contribution in [0.3, 0.4) is 0 Å². The SMILES string of the molecule is CCC1CCN(c2ccc(OC)c(OC)c2)CCN1. The van der Waals surface area contributed by atoms with Crippen molar-refractivity contribution in [1.29, 1.82) is 0 Å². The summed E-state index contributed by atoms with van der Waals surface area (Å²) in [6.45, 7) is 5.39. The average molecular weight is 264 g/mol. The molecule has 1 unspecified atom stereocenters. The van der Waals surface area contributed by atoms with E-state index in [0.717, 1.165) is 31.1 Å². The van der Waals surface area contributed by atoms with Gasteiger partial charge in [0.05, 0.1) is 14.2 Å². The van der Waals surface area contributed by atoms with E-state index in [-0.39, 0.29) is 0 Å². The first-order valence-electron chi connectivity index (χ1n) is 6.98. The molecule has 1 atom stereocenters. The second-order valence-electron chi connectivity index (χ2n) is 4.87. The Hall–Kier alpha value is -1.42. The van der Waals surface area contributed by atoms with Crippen LogP contribution in [-0.4, -0.2) is 39.9 Å². The summed E-state index contributed by atoms with van der Waals surface area (Å²) in [4.78, 5) is 2.41. The number of benzene rings is 1. The van der Waals surface area contributed by atoms with Crippen molar-refractivity contribution in [3.63, 3.8) is 0 Å². The Morgan fingerprint density at radius 2 is 2.00 bits per heavy atom. The fourth-order valence-corrected chi connectivity index (χ4v) is 2.56. The molecule has 1 aliphatic rings. The van der Waals surface area contributed by atoms with Crippen LogP contribution in [-0.2, 0) is 0 Å². The van der Waals surface area contributed by atoms with E-state index in [1.54, 1.807) is 14.2 Å². The first kappa shape index (κ1) is 14.0. The standard InChI is InChI=1S/C15H24N2O2/c1-4-12-7-9-17(10-8-16-12)13-5-6-14(18-2)15(11-13)19-3/h5-6,11-12,16H,4,7-10H2,1-3H3. The molecular formula is C15H24N2O2. The first-order valence-corrected chi connectivity index (χ1v) is 6.98. The highest BCUT2D eigenvalue weighted by atomic mass is 16.5. The van der Waals surface area contributed by atoms with Gasteiger partial charge in [0.1, 0.15) is 0 Å². The van der Waals surface area contributed by atoms with Crippen molar-refractivity contribution in [1.82, 2.24) is 5.32 Å². The van der Waals surface area contributed by atoms with Crippen molar-refractivity contribution in [3.05, 3.63) is 18.2 Å². The number of nitrogens with one attached hydrogen (secondary N) is 1. The van der Waals surface area contributed by atoms with Crippen molar-refractivity contribution in [3.8, 4) is 11.5 Å². The molecule has 0 aromatic heterocycles. The summed E-state index contributed by atoms with van der Waals surface area (Å²) >= 11 is 0. The molecule has 1 heterocycles. The van der Waals surface area contributed by atoms with Crippen LogP contribution in [0.2, 0.25) is 0 Å². The molecule has 19 heavy (non-hydrogen) atoms. The molecule has 0 amide bonds. The molecule has 1 aromatic carbocycles. The van der Waals surface area contributed by atoms with Gasteiger partial charge in [-0.25, -0.2) is 0 Å². The molecule has 0 aliphatic carbocycles. The van der Waals surface area contributed by atoms with Crippen molar-refractivity contribution < 1.29 is 9.47 Å². The quantitative estimate of drug-likeness (QED) is 0.904. The zero-order valence-electron chi connectivity index (χ0n) is 12.1. The minimum atomic E-state index is 0.644. The van der Waals surface area contributed by atoms with E-state index in [9.17, 15) is 0 Å². The lowest BCUT2D eigenvalue weighted by Gasteiger charge is -2.23. The number of hydrogen-bond acceptors (Lipinski definition) is 4. The zero-order valence-corrected chi connectivity index (χ0v) is 12.1. The van der Waals surface area contributed by atoms with Crippen molar-refractivity contribution in [2.45, 2.75) is 25.8 Å². The highest BCUT2D eigenvalue weighted by Gasteiger charge is 2.16. The van der Waals surface area contributed by atoms with Gasteiger partial charge in [-0.2, -0.15) is 0 Å². The maximum atomic E-state index is 5.37. The lowest BCUT2D eigenvalue weighted by atomic mass is 10.1. The molecule has 0 bridgehead atoms. The first-order chi connectivity index (χ1) is 9.28. The maximum Gasteiger partial charge on any atom is 0.162 e. The Labute approximate surface area is 115 Å². The van der Waals surface area contributed by atoms with Crippen LogP contribution >= 0.6 is 0 Å². The van der Waals surface area contributed by atoms with Gasteiger partial charge >= 0.3 is 0 Å². The highest BCUT2D eigenvalue weighted by molar-refractivity contribution is 5.56. The fraction of sp³-hybridized carbons (Fsp3) is 0.600.